The summed E-state index contributed by atoms with van der Waals surface area (Å²) in [6.45, 7) is 8.95. The monoisotopic (exact) mass is 383 g/mol. The van der Waals surface area contributed by atoms with Crippen LogP contribution >= 0.6 is 11.3 Å². The van der Waals surface area contributed by atoms with E-state index in [2.05, 4.69) is 46.1 Å². The van der Waals surface area contributed by atoms with Gasteiger partial charge in [-0.25, -0.2) is 14.6 Å². The van der Waals surface area contributed by atoms with Crippen molar-refractivity contribution in [3.63, 3.8) is 0 Å². The summed E-state index contributed by atoms with van der Waals surface area (Å²) in [6, 6.07) is 5.54. The van der Waals surface area contributed by atoms with Crippen molar-refractivity contribution < 1.29 is 0 Å². The summed E-state index contributed by atoms with van der Waals surface area (Å²) in [5.41, 5.74) is 1.90. The van der Waals surface area contributed by atoms with Crippen molar-refractivity contribution in [1.82, 2.24) is 19.7 Å². The van der Waals surface area contributed by atoms with Crippen molar-refractivity contribution in [2.24, 2.45) is 5.92 Å². The maximum Gasteiger partial charge on any atom is 0.266 e. The number of hydrogen-bond acceptors (Lipinski definition) is 6. The largest absolute Gasteiger partial charge is 0.355 e. The Morgan fingerprint density at radius 3 is 2.67 bits per heavy atom. The predicted molar refractivity (Wildman–Crippen MR) is 110 cm³/mol. The van der Waals surface area contributed by atoms with E-state index in [1.54, 1.807) is 28.4 Å². The first-order valence-corrected chi connectivity index (χ1v) is 10.3. The molecule has 0 N–H and O–H groups in total. The molecule has 142 valence electrons. The van der Waals surface area contributed by atoms with Crippen LogP contribution in [0.2, 0.25) is 0 Å². The molecule has 0 aromatic carbocycles. The molecule has 3 aromatic heterocycles. The van der Waals surface area contributed by atoms with Gasteiger partial charge in [-0.2, -0.15) is 5.10 Å². The van der Waals surface area contributed by atoms with E-state index in [9.17, 15) is 4.79 Å². The van der Waals surface area contributed by atoms with Gasteiger partial charge in [0, 0.05) is 31.1 Å². The lowest BCUT2D eigenvalue weighted by Gasteiger charge is -2.33. The maximum atomic E-state index is 12.2. The lowest BCUT2D eigenvalue weighted by molar-refractivity contribution is 0.330. The molecule has 0 spiro atoms. The Balaban J connectivity index is 1.46. The molecular formula is C20H25N5OS. The molecule has 27 heavy (non-hydrogen) atoms. The Kier molecular flexibility index (Phi) is 4.72. The third-order valence-electron chi connectivity index (χ3n) is 5.20. The van der Waals surface area contributed by atoms with E-state index in [1.165, 1.54) is 0 Å². The molecule has 1 aliphatic rings. The fraction of sp³-hybridized carbons (Fsp3) is 0.500. The molecule has 7 heteroatoms. The van der Waals surface area contributed by atoms with Gasteiger partial charge >= 0.3 is 0 Å². The third kappa shape index (κ3) is 3.74. The summed E-state index contributed by atoms with van der Waals surface area (Å²) in [5.74, 6) is 1.50. The van der Waals surface area contributed by atoms with Crippen molar-refractivity contribution in [3.05, 3.63) is 46.0 Å². The first kappa shape index (κ1) is 18.1. The van der Waals surface area contributed by atoms with Gasteiger partial charge < -0.3 is 4.90 Å². The molecule has 4 heterocycles. The molecule has 0 radical (unpaired) electrons. The number of piperidine rings is 1. The third-order valence-corrected chi connectivity index (χ3v) is 6.10. The molecule has 3 aromatic rings. The molecule has 0 aliphatic carbocycles. The second-order valence-electron chi connectivity index (χ2n) is 8.25. The van der Waals surface area contributed by atoms with Crippen LogP contribution < -0.4 is 10.5 Å². The Morgan fingerprint density at radius 2 is 1.93 bits per heavy atom. The van der Waals surface area contributed by atoms with Crippen LogP contribution in [0, 0.1) is 5.92 Å². The van der Waals surface area contributed by atoms with Crippen LogP contribution in [0.25, 0.3) is 10.2 Å². The van der Waals surface area contributed by atoms with Crippen LogP contribution in [-0.4, -0.2) is 32.8 Å². The molecule has 0 saturated carbocycles. The summed E-state index contributed by atoms with van der Waals surface area (Å²) < 4.78 is 2.81. The van der Waals surface area contributed by atoms with E-state index in [0.29, 0.717) is 12.5 Å². The first-order valence-electron chi connectivity index (χ1n) is 9.43. The Labute approximate surface area is 162 Å². The highest BCUT2D eigenvalue weighted by molar-refractivity contribution is 7.17. The van der Waals surface area contributed by atoms with Gasteiger partial charge in [0.25, 0.3) is 5.56 Å². The van der Waals surface area contributed by atoms with Crippen molar-refractivity contribution >= 4 is 27.4 Å². The quantitative estimate of drug-likeness (QED) is 0.693. The topological polar surface area (TPSA) is 63.9 Å². The Morgan fingerprint density at radius 1 is 1.15 bits per heavy atom. The highest BCUT2D eigenvalue weighted by atomic mass is 32.1. The molecule has 4 rings (SSSR count). The van der Waals surface area contributed by atoms with Crippen LogP contribution in [0.3, 0.4) is 0 Å². The maximum absolute atomic E-state index is 12.2. The number of nitrogens with zero attached hydrogens (tertiary/aromatic N) is 5. The van der Waals surface area contributed by atoms with Crippen LogP contribution in [0.5, 0.6) is 0 Å². The van der Waals surface area contributed by atoms with Gasteiger partial charge in [-0.05, 0) is 36.3 Å². The zero-order chi connectivity index (χ0) is 19.0. The van der Waals surface area contributed by atoms with Crippen LogP contribution in [-0.2, 0) is 12.0 Å². The summed E-state index contributed by atoms with van der Waals surface area (Å²) in [5, 5.41) is 6.69. The summed E-state index contributed by atoms with van der Waals surface area (Å²) in [6.07, 6.45) is 3.72. The van der Waals surface area contributed by atoms with Gasteiger partial charge in [-0.1, -0.05) is 20.8 Å². The molecule has 1 fully saturated rings. The Hall–Kier alpha value is -2.28. The fourth-order valence-corrected chi connectivity index (χ4v) is 4.41. The highest BCUT2D eigenvalue weighted by Gasteiger charge is 2.24. The van der Waals surface area contributed by atoms with Crippen molar-refractivity contribution in [3.8, 4) is 0 Å². The zero-order valence-corrected chi connectivity index (χ0v) is 16.9. The van der Waals surface area contributed by atoms with Gasteiger partial charge in [-0.15, -0.1) is 11.3 Å². The zero-order valence-electron chi connectivity index (χ0n) is 16.1. The van der Waals surface area contributed by atoms with Crippen LogP contribution in [0.4, 0.5) is 5.82 Å². The molecule has 0 amide bonds. The summed E-state index contributed by atoms with van der Waals surface area (Å²) in [7, 11) is 0. The van der Waals surface area contributed by atoms with Crippen LogP contribution in [0.15, 0.2) is 34.7 Å². The minimum absolute atomic E-state index is 0.0125. The molecule has 6 nitrogen and oxygen atoms in total. The molecule has 0 atom stereocenters. The van der Waals surface area contributed by atoms with Gasteiger partial charge in [0.2, 0.25) is 0 Å². The van der Waals surface area contributed by atoms with Crippen molar-refractivity contribution in [1.29, 1.82) is 0 Å². The standard InChI is InChI=1S/C20H25N5OS/c1-20(2,3)16-4-5-17(26)25(23-16)12-14-6-9-24(10-7-14)19-18-15(8-11-27-18)21-13-22-19/h4-5,8,11,13-14H,6-7,9-10,12H2,1-3H3. The molecule has 1 saturated heterocycles. The number of fused-ring (bicyclic) bond motifs is 1. The van der Waals surface area contributed by atoms with Crippen molar-refractivity contribution in [2.75, 3.05) is 18.0 Å². The highest BCUT2D eigenvalue weighted by Crippen LogP contribution is 2.31. The molecule has 0 bridgehead atoms. The molecular weight excluding hydrogens is 358 g/mol. The SMILES string of the molecule is CC(C)(C)c1ccc(=O)n(CC2CCN(c3ncnc4ccsc34)CC2)n1. The van der Waals surface area contributed by atoms with Gasteiger partial charge in [0.1, 0.15) is 12.1 Å². The van der Waals surface area contributed by atoms with Crippen LogP contribution in [0.1, 0.15) is 39.3 Å². The molecule has 1 aliphatic heterocycles. The van der Waals surface area contributed by atoms with E-state index in [4.69, 9.17) is 0 Å². The van der Waals surface area contributed by atoms with E-state index >= 15 is 0 Å². The second-order valence-corrected chi connectivity index (χ2v) is 9.17. The number of thiophene rings is 1. The average molecular weight is 384 g/mol. The normalized spacial score (nSPS) is 16.2. The predicted octanol–water partition coefficient (Wildman–Crippen LogP) is 3.46. The van der Waals surface area contributed by atoms with E-state index in [-0.39, 0.29) is 11.0 Å². The first-order chi connectivity index (χ1) is 12.9. The van der Waals surface area contributed by atoms with Gasteiger partial charge in [-0.3, -0.25) is 4.79 Å². The number of rotatable bonds is 3. The summed E-state index contributed by atoms with van der Waals surface area (Å²) in [4.78, 5) is 23.4. The number of hydrogen-bond donors (Lipinski definition) is 0. The van der Waals surface area contributed by atoms with Crippen molar-refractivity contribution in [2.45, 2.75) is 45.6 Å². The van der Waals surface area contributed by atoms with E-state index in [1.807, 2.05) is 12.1 Å². The lowest BCUT2D eigenvalue weighted by atomic mass is 9.92. The number of aromatic nitrogens is 4. The van der Waals surface area contributed by atoms with E-state index in [0.717, 1.165) is 47.7 Å². The van der Waals surface area contributed by atoms with Gasteiger partial charge in [0.05, 0.1) is 15.9 Å². The minimum Gasteiger partial charge on any atom is -0.355 e. The number of anilines is 1. The smallest absolute Gasteiger partial charge is 0.266 e. The van der Waals surface area contributed by atoms with E-state index < -0.39 is 0 Å². The second kappa shape index (κ2) is 7.03. The minimum atomic E-state index is -0.0576. The lowest BCUT2D eigenvalue weighted by Crippen LogP contribution is -2.37. The molecule has 0 unspecified atom stereocenters. The summed E-state index contributed by atoms with van der Waals surface area (Å²) >= 11 is 1.69. The average Bonchev–Trinajstić information content (AvgIpc) is 3.12. The fourth-order valence-electron chi connectivity index (χ4n) is 3.55. The Bertz CT molecular complexity index is 995. The van der Waals surface area contributed by atoms with Gasteiger partial charge in [0.15, 0.2) is 0 Å².